The van der Waals surface area contributed by atoms with Crippen molar-refractivity contribution in [3.8, 4) is 0 Å². The number of ketones is 1. The van der Waals surface area contributed by atoms with E-state index in [1.54, 1.807) is 12.1 Å². The van der Waals surface area contributed by atoms with Crippen LogP contribution in [0.3, 0.4) is 0 Å². The van der Waals surface area contributed by atoms with Crippen molar-refractivity contribution in [1.29, 1.82) is 0 Å². The van der Waals surface area contributed by atoms with Crippen molar-refractivity contribution in [2.75, 3.05) is 19.6 Å². The zero-order valence-electron chi connectivity index (χ0n) is 13.3. The summed E-state index contributed by atoms with van der Waals surface area (Å²) in [6, 6.07) is 14.8. The van der Waals surface area contributed by atoms with E-state index in [0.717, 1.165) is 18.7 Å². The maximum atomic E-state index is 13.1. The number of likely N-dealkylation sites (tertiary alicyclic amines) is 1. The van der Waals surface area contributed by atoms with Gasteiger partial charge in [-0.3, -0.25) is 4.79 Å². The van der Waals surface area contributed by atoms with Gasteiger partial charge in [0.15, 0.2) is 5.78 Å². The molecule has 2 aromatic rings. The van der Waals surface area contributed by atoms with Crippen molar-refractivity contribution in [1.82, 2.24) is 4.90 Å². The first-order valence-corrected chi connectivity index (χ1v) is 8.68. The highest BCUT2D eigenvalue weighted by atomic mass is 35.5. The largest absolute Gasteiger partial charge is 0.302 e. The van der Waals surface area contributed by atoms with Gasteiger partial charge >= 0.3 is 0 Å². The van der Waals surface area contributed by atoms with E-state index in [-0.39, 0.29) is 24.1 Å². The first-order chi connectivity index (χ1) is 11.2. The lowest BCUT2D eigenvalue weighted by Crippen LogP contribution is -2.30. The molecule has 3 rings (SSSR count). The third-order valence-corrected chi connectivity index (χ3v) is 5.05. The van der Waals surface area contributed by atoms with Crippen LogP contribution in [0.25, 0.3) is 0 Å². The van der Waals surface area contributed by atoms with Gasteiger partial charge in [-0.2, -0.15) is 0 Å². The molecule has 0 spiro atoms. The van der Waals surface area contributed by atoms with Crippen LogP contribution in [-0.4, -0.2) is 30.3 Å². The van der Waals surface area contributed by atoms with Gasteiger partial charge in [0, 0.05) is 17.1 Å². The molecule has 0 N–H and O–H groups in total. The van der Waals surface area contributed by atoms with Gasteiger partial charge in [0.2, 0.25) is 0 Å². The number of carbonyl (C=O) groups excluding carboxylic acids is 1. The number of Topliss-reactive ketones (excluding diaryl/α,β-unsaturated/α-hetero) is 1. The van der Waals surface area contributed by atoms with E-state index in [0.29, 0.717) is 22.2 Å². The fourth-order valence-electron chi connectivity index (χ4n) is 3.15. The summed E-state index contributed by atoms with van der Waals surface area (Å²) in [5.74, 6) is -0.253. The molecule has 1 saturated heterocycles. The molecule has 0 saturated carbocycles. The Balaban J connectivity index is 0.00000208. The number of rotatable bonds is 5. The first kappa shape index (κ1) is 19.3. The van der Waals surface area contributed by atoms with E-state index >= 15 is 0 Å². The van der Waals surface area contributed by atoms with Gasteiger partial charge in [0.25, 0.3) is 0 Å². The van der Waals surface area contributed by atoms with Crippen LogP contribution in [-0.2, 0) is 0 Å². The molecule has 0 amide bonds. The smallest absolute Gasteiger partial charge is 0.173 e. The number of nitrogens with zero attached hydrogens (tertiary/aromatic N) is 1. The van der Waals surface area contributed by atoms with E-state index in [2.05, 4.69) is 4.90 Å². The van der Waals surface area contributed by atoms with Crippen molar-refractivity contribution < 1.29 is 4.79 Å². The molecule has 1 heterocycles. The molecule has 0 aliphatic carbocycles. The quantitative estimate of drug-likeness (QED) is 0.636. The van der Waals surface area contributed by atoms with Crippen molar-refractivity contribution in [3.63, 3.8) is 0 Å². The van der Waals surface area contributed by atoms with Gasteiger partial charge in [-0.05, 0) is 49.7 Å². The molecule has 0 bridgehead atoms. The third-order valence-electron chi connectivity index (χ3n) is 4.38. The molecule has 0 radical (unpaired) electrons. The minimum absolute atomic E-state index is 0. The Labute approximate surface area is 159 Å². The zero-order chi connectivity index (χ0) is 16.2. The van der Waals surface area contributed by atoms with Crippen molar-refractivity contribution in [3.05, 3.63) is 69.7 Å². The van der Waals surface area contributed by atoms with Crippen molar-refractivity contribution in [2.24, 2.45) is 0 Å². The zero-order valence-corrected chi connectivity index (χ0v) is 15.6. The monoisotopic (exact) mass is 383 g/mol. The standard InChI is InChI=1S/C19H19Cl2NO.ClH/c20-17-9-3-1-7-14(17)16(13-22-11-5-6-12-22)19(23)15-8-2-4-10-18(15)21;/h1-4,7-10,16H,5-6,11-13H2;1H. The van der Waals surface area contributed by atoms with E-state index in [9.17, 15) is 4.79 Å². The Hall–Kier alpha value is -1.06. The first-order valence-electron chi connectivity index (χ1n) is 7.92. The second-order valence-electron chi connectivity index (χ2n) is 5.93. The molecule has 1 atom stereocenters. The summed E-state index contributed by atoms with van der Waals surface area (Å²) in [4.78, 5) is 15.5. The van der Waals surface area contributed by atoms with Crippen LogP contribution in [0.5, 0.6) is 0 Å². The topological polar surface area (TPSA) is 20.3 Å². The van der Waals surface area contributed by atoms with Gasteiger partial charge in [0.05, 0.1) is 10.9 Å². The molecule has 2 nitrogen and oxygen atoms in total. The fourth-order valence-corrected chi connectivity index (χ4v) is 3.65. The van der Waals surface area contributed by atoms with Gasteiger partial charge in [-0.15, -0.1) is 12.4 Å². The fraction of sp³-hybridized carbons (Fsp3) is 0.316. The Kier molecular flexibility index (Phi) is 7.12. The lowest BCUT2D eigenvalue weighted by atomic mass is 9.90. The predicted octanol–water partition coefficient (Wildman–Crippen LogP) is 5.48. The Bertz CT molecular complexity index is 699. The summed E-state index contributed by atoms with van der Waals surface area (Å²) >= 11 is 12.6. The number of hydrogen-bond donors (Lipinski definition) is 0. The van der Waals surface area contributed by atoms with E-state index in [1.807, 2.05) is 36.4 Å². The Morgan fingerprint density at radius 2 is 1.54 bits per heavy atom. The second kappa shape index (κ2) is 8.87. The summed E-state index contributed by atoms with van der Waals surface area (Å²) in [6.45, 7) is 2.77. The van der Waals surface area contributed by atoms with Crippen LogP contribution < -0.4 is 0 Å². The Morgan fingerprint density at radius 1 is 0.958 bits per heavy atom. The predicted molar refractivity (Wildman–Crippen MR) is 103 cm³/mol. The average molecular weight is 385 g/mol. The molecular formula is C19H20Cl3NO. The molecule has 1 unspecified atom stereocenters. The average Bonchev–Trinajstić information content (AvgIpc) is 3.06. The highest BCUT2D eigenvalue weighted by molar-refractivity contribution is 6.34. The van der Waals surface area contributed by atoms with Crippen LogP contribution in [0.2, 0.25) is 10.0 Å². The molecule has 1 aliphatic heterocycles. The molecule has 5 heteroatoms. The summed E-state index contributed by atoms with van der Waals surface area (Å²) in [5, 5.41) is 1.13. The summed E-state index contributed by atoms with van der Waals surface area (Å²) in [7, 11) is 0. The lowest BCUT2D eigenvalue weighted by molar-refractivity contribution is 0.0940. The van der Waals surface area contributed by atoms with Crippen molar-refractivity contribution in [2.45, 2.75) is 18.8 Å². The molecule has 1 aliphatic rings. The van der Waals surface area contributed by atoms with Crippen LogP contribution in [0.4, 0.5) is 0 Å². The second-order valence-corrected chi connectivity index (χ2v) is 6.74. The maximum absolute atomic E-state index is 13.1. The van der Waals surface area contributed by atoms with Crippen molar-refractivity contribution >= 4 is 41.4 Å². The number of carbonyl (C=O) groups is 1. The summed E-state index contributed by atoms with van der Waals surface area (Å²) in [6.07, 6.45) is 2.38. The van der Waals surface area contributed by atoms with Gasteiger partial charge in [0.1, 0.15) is 0 Å². The third kappa shape index (κ3) is 4.31. The van der Waals surface area contributed by atoms with Gasteiger partial charge in [-0.25, -0.2) is 0 Å². The molecule has 2 aromatic carbocycles. The molecule has 1 fully saturated rings. The number of hydrogen-bond acceptors (Lipinski definition) is 2. The van der Waals surface area contributed by atoms with Gasteiger partial charge in [-0.1, -0.05) is 53.5 Å². The molecular weight excluding hydrogens is 365 g/mol. The summed E-state index contributed by atoms with van der Waals surface area (Å²) < 4.78 is 0. The van der Waals surface area contributed by atoms with Crippen LogP contribution in [0.15, 0.2) is 48.5 Å². The van der Waals surface area contributed by atoms with E-state index < -0.39 is 0 Å². The molecule has 24 heavy (non-hydrogen) atoms. The number of halogens is 3. The minimum atomic E-state index is -0.290. The molecule has 128 valence electrons. The number of benzene rings is 2. The molecule has 0 aromatic heterocycles. The van der Waals surface area contributed by atoms with E-state index in [1.165, 1.54) is 12.8 Å². The van der Waals surface area contributed by atoms with Crippen LogP contribution in [0, 0.1) is 0 Å². The highest BCUT2D eigenvalue weighted by Crippen LogP contribution is 2.31. The highest BCUT2D eigenvalue weighted by Gasteiger charge is 2.28. The maximum Gasteiger partial charge on any atom is 0.173 e. The summed E-state index contributed by atoms with van der Waals surface area (Å²) in [5.41, 5.74) is 1.45. The van der Waals surface area contributed by atoms with Crippen LogP contribution >= 0.6 is 35.6 Å². The Morgan fingerprint density at radius 3 is 2.17 bits per heavy atom. The van der Waals surface area contributed by atoms with Gasteiger partial charge < -0.3 is 4.90 Å². The minimum Gasteiger partial charge on any atom is -0.302 e. The van der Waals surface area contributed by atoms with E-state index in [4.69, 9.17) is 23.2 Å². The van der Waals surface area contributed by atoms with Crippen LogP contribution in [0.1, 0.15) is 34.7 Å². The normalized spacial score (nSPS) is 15.8. The lowest BCUT2D eigenvalue weighted by Gasteiger charge is -2.24. The SMILES string of the molecule is Cl.O=C(c1ccccc1Cl)C(CN1CCCC1)c1ccccc1Cl.